The van der Waals surface area contributed by atoms with Crippen LogP contribution >= 0.6 is 0 Å². The Hall–Kier alpha value is -1.88. The number of nitrogens with zero attached hydrogens (tertiary/aromatic N) is 1. The molecule has 0 atom stereocenters. The molecule has 0 bridgehead atoms. The molecule has 0 amide bonds. The van der Waals surface area contributed by atoms with E-state index in [0.29, 0.717) is 5.57 Å². The largest absolute Gasteiger partial charge is 0.289 e. The number of nitriles is 1. The summed E-state index contributed by atoms with van der Waals surface area (Å²) in [7, 11) is 0. The third kappa shape index (κ3) is 3.33. The summed E-state index contributed by atoms with van der Waals surface area (Å²) >= 11 is 0. The standard InChI is InChI=1S/C10H9NO/c1-3-5-6-9(7-8-11)10(12)4-2/h3-7H,1-2H2. The van der Waals surface area contributed by atoms with Gasteiger partial charge in [0.2, 0.25) is 0 Å². The molecule has 0 radical (unpaired) electrons. The van der Waals surface area contributed by atoms with Crippen LogP contribution in [0.25, 0.3) is 0 Å². The van der Waals surface area contributed by atoms with Gasteiger partial charge >= 0.3 is 0 Å². The van der Waals surface area contributed by atoms with Crippen molar-refractivity contribution in [3.63, 3.8) is 0 Å². The highest BCUT2D eigenvalue weighted by Gasteiger charge is 1.98. The lowest BCUT2D eigenvalue weighted by Crippen LogP contribution is -1.93. The molecule has 0 aromatic heterocycles. The Morgan fingerprint density at radius 1 is 1.42 bits per heavy atom. The fraction of sp³-hybridized carbons (Fsp3) is 0. The van der Waals surface area contributed by atoms with E-state index in [2.05, 4.69) is 13.2 Å². The van der Waals surface area contributed by atoms with Crippen molar-refractivity contribution < 1.29 is 4.79 Å². The zero-order valence-electron chi connectivity index (χ0n) is 6.66. The van der Waals surface area contributed by atoms with Gasteiger partial charge in [0.25, 0.3) is 0 Å². The SMILES string of the molecule is C=CC=CC(=CC#N)C(=O)C=C. The number of ketones is 1. The zero-order valence-corrected chi connectivity index (χ0v) is 6.66. The highest BCUT2D eigenvalue weighted by Crippen LogP contribution is 1.99. The van der Waals surface area contributed by atoms with E-state index in [0.717, 1.165) is 6.08 Å². The van der Waals surface area contributed by atoms with Crippen LogP contribution in [0.2, 0.25) is 0 Å². The fourth-order valence-electron chi connectivity index (χ4n) is 0.560. The number of allylic oxidation sites excluding steroid dienone is 6. The van der Waals surface area contributed by atoms with Crippen LogP contribution in [0.4, 0.5) is 0 Å². The second kappa shape index (κ2) is 5.87. The fourth-order valence-corrected chi connectivity index (χ4v) is 0.560. The Balaban J connectivity index is 4.69. The van der Waals surface area contributed by atoms with E-state index in [1.165, 1.54) is 18.2 Å². The summed E-state index contributed by atoms with van der Waals surface area (Å²) < 4.78 is 0. The van der Waals surface area contributed by atoms with Gasteiger partial charge in [-0.05, 0) is 6.08 Å². The van der Waals surface area contributed by atoms with Crippen LogP contribution in [0.3, 0.4) is 0 Å². The summed E-state index contributed by atoms with van der Waals surface area (Å²) in [5, 5.41) is 8.31. The maximum absolute atomic E-state index is 11.0. The van der Waals surface area contributed by atoms with Gasteiger partial charge in [0, 0.05) is 11.6 Å². The second-order valence-corrected chi connectivity index (χ2v) is 1.89. The highest BCUT2D eigenvalue weighted by atomic mass is 16.1. The van der Waals surface area contributed by atoms with Crippen LogP contribution < -0.4 is 0 Å². The molecule has 0 fully saturated rings. The molecule has 0 aromatic carbocycles. The minimum Gasteiger partial charge on any atom is -0.289 e. The molecule has 2 heteroatoms. The van der Waals surface area contributed by atoms with Crippen molar-refractivity contribution in [3.8, 4) is 6.07 Å². The molecule has 2 nitrogen and oxygen atoms in total. The predicted octanol–water partition coefficient (Wildman–Crippen LogP) is 1.93. The molecule has 0 aliphatic rings. The molecule has 0 aliphatic carbocycles. The highest BCUT2D eigenvalue weighted by molar-refractivity contribution is 6.06. The Kier molecular flexibility index (Phi) is 4.95. The van der Waals surface area contributed by atoms with Crippen LogP contribution in [-0.2, 0) is 4.79 Å². The monoisotopic (exact) mass is 159 g/mol. The minimum absolute atomic E-state index is 0.269. The van der Waals surface area contributed by atoms with Crippen molar-refractivity contribution in [1.29, 1.82) is 5.26 Å². The van der Waals surface area contributed by atoms with Gasteiger partial charge in [0.15, 0.2) is 5.78 Å². The Morgan fingerprint density at radius 3 is 2.50 bits per heavy atom. The van der Waals surface area contributed by atoms with Crippen molar-refractivity contribution in [2.24, 2.45) is 0 Å². The van der Waals surface area contributed by atoms with Crippen molar-refractivity contribution in [1.82, 2.24) is 0 Å². The van der Waals surface area contributed by atoms with Crippen LogP contribution in [0.15, 0.2) is 49.1 Å². The maximum atomic E-state index is 11.0. The number of carbonyl (C=O) groups excluding carboxylic acids is 1. The number of hydrogen-bond donors (Lipinski definition) is 0. The summed E-state index contributed by atoms with van der Waals surface area (Å²) in [6.45, 7) is 6.76. The molecule has 0 unspecified atom stereocenters. The average Bonchev–Trinajstić information content (AvgIpc) is 2.11. The van der Waals surface area contributed by atoms with Crippen molar-refractivity contribution >= 4 is 5.78 Å². The first-order valence-electron chi connectivity index (χ1n) is 3.32. The van der Waals surface area contributed by atoms with Crippen LogP contribution in [0.5, 0.6) is 0 Å². The third-order valence-corrected chi connectivity index (χ3v) is 1.10. The molecule has 12 heavy (non-hydrogen) atoms. The van der Waals surface area contributed by atoms with Gasteiger partial charge in [-0.1, -0.05) is 31.4 Å². The lowest BCUT2D eigenvalue weighted by molar-refractivity contribution is -0.111. The number of rotatable bonds is 4. The first-order valence-corrected chi connectivity index (χ1v) is 3.32. The summed E-state index contributed by atoms with van der Waals surface area (Å²) in [5.74, 6) is -0.269. The molecule has 0 saturated heterocycles. The summed E-state index contributed by atoms with van der Waals surface area (Å²) in [5.41, 5.74) is 0.312. The molecule has 0 heterocycles. The van der Waals surface area contributed by atoms with Gasteiger partial charge in [0.1, 0.15) is 0 Å². The first-order chi connectivity index (χ1) is 5.76. The molecule has 0 aromatic rings. The topological polar surface area (TPSA) is 40.9 Å². The van der Waals surface area contributed by atoms with Crippen LogP contribution in [0, 0.1) is 11.3 Å². The summed E-state index contributed by atoms with van der Waals surface area (Å²) in [6, 6.07) is 1.78. The number of hydrogen-bond acceptors (Lipinski definition) is 2. The predicted molar refractivity (Wildman–Crippen MR) is 48.2 cm³/mol. The van der Waals surface area contributed by atoms with Crippen LogP contribution in [-0.4, -0.2) is 5.78 Å². The average molecular weight is 159 g/mol. The van der Waals surface area contributed by atoms with E-state index < -0.39 is 0 Å². The second-order valence-electron chi connectivity index (χ2n) is 1.89. The van der Waals surface area contributed by atoms with Crippen molar-refractivity contribution in [2.45, 2.75) is 0 Å². The Labute approximate surface area is 71.8 Å². The van der Waals surface area contributed by atoms with E-state index >= 15 is 0 Å². The van der Waals surface area contributed by atoms with E-state index in [1.807, 2.05) is 0 Å². The maximum Gasteiger partial charge on any atom is 0.185 e. The molecule has 0 rings (SSSR count). The molecule has 0 aliphatic heterocycles. The van der Waals surface area contributed by atoms with Gasteiger partial charge in [-0.3, -0.25) is 4.79 Å². The zero-order chi connectivity index (χ0) is 9.40. The molecule has 60 valence electrons. The van der Waals surface area contributed by atoms with E-state index in [9.17, 15) is 4.79 Å². The quantitative estimate of drug-likeness (QED) is 0.357. The summed E-state index contributed by atoms with van der Waals surface area (Å²) in [4.78, 5) is 11.0. The van der Waals surface area contributed by atoms with E-state index in [4.69, 9.17) is 5.26 Å². The van der Waals surface area contributed by atoms with E-state index in [-0.39, 0.29) is 5.78 Å². The van der Waals surface area contributed by atoms with Crippen molar-refractivity contribution in [3.05, 3.63) is 49.1 Å². The van der Waals surface area contributed by atoms with Gasteiger partial charge in [0.05, 0.1) is 6.07 Å². The van der Waals surface area contributed by atoms with Gasteiger partial charge in [-0.2, -0.15) is 5.26 Å². The molecule has 0 saturated carbocycles. The molecule has 0 N–H and O–H groups in total. The van der Waals surface area contributed by atoms with Gasteiger partial charge in [-0.15, -0.1) is 0 Å². The normalized spacial score (nSPS) is 10.8. The Morgan fingerprint density at radius 2 is 2.08 bits per heavy atom. The smallest absolute Gasteiger partial charge is 0.185 e. The molecular weight excluding hydrogens is 150 g/mol. The lowest BCUT2D eigenvalue weighted by atomic mass is 10.1. The molecular formula is C10H9NO. The van der Waals surface area contributed by atoms with E-state index in [1.54, 1.807) is 12.1 Å². The summed E-state index contributed by atoms with van der Waals surface area (Å²) in [6.07, 6.45) is 6.97. The third-order valence-electron chi connectivity index (χ3n) is 1.10. The molecule has 0 spiro atoms. The van der Waals surface area contributed by atoms with Gasteiger partial charge < -0.3 is 0 Å². The van der Waals surface area contributed by atoms with Gasteiger partial charge in [-0.25, -0.2) is 0 Å². The first kappa shape index (κ1) is 10.1. The lowest BCUT2D eigenvalue weighted by Gasteiger charge is -1.90. The van der Waals surface area contributed by atoms with Crippen LogP contribution in [0.1, 0.15) is 0 Å². The minimum atomic E-state index is -0.269. The van der Waals surface area contributed by atoms with Crippen molar-refractivity contribution in [2.75, 3.05) is 0 Å². The number of carbonyl (C=O) groups is 1. The Bertz CT molecular complexity index is 289.